The van der Waals surface area contributed by atoms with Crippen LogP contribution in [0.3, 0.4) is 0 Å². The molecular formula is C25H25Br2NOS. The molecule has 0 saturated carbocycles. The van der Waals surface area contributed by atoms with E-state index in [2.05, 4.69) is 63.1 Å². The van der Waals surface area contributed by atoms with Gasteiger partial charge in [0.2, 0.25) is 0 Å². The third kappa shape index (κ3) is 6.22. The van der Waals surface area contributed by atoms with Gasteiger partial charge in [-0.25, -0.2) is 0 Å². The lowest BCUT2D eigenvalue weighted by Gasteiger charge is -2.11. The molecule has 156 valence electrons. The monoisotopic (exact) mass is 545 g/mol. The number of rotatable bonds is 8. The summed E-state index contributed by atoms with van der Waals surface area (Å²) in [7, 11) is 1.96. The maximum absolute atomic E-state index is 13.1. The Hall–Kier alpha value is -1.56. The first-order chi connectivity index (χ1) is 14.4. The summed E-state index contributed by atoms with van der Waals surface area (Å²) in [6, 6.07) is 18.1. The molecular weight excluding hydrogens is 522 g/mol. The number of hydrogen-bond acceptors (Lipinski definition) is 2. The molecule has 0 bridgehead atoms. The Kier molecular flexibility index (Phi) is 8.20. The molecule has 0 amide bonds. The fourth-order valence-electron chi connectivity index (χ4n) is 3.08. The van der Waals surface area contributed by atoms with Crippen molar-refractivity contribution in [2.45, 2.75) is 27.9 Å². The first-order valence-electron chi connectivity index (χ1n) is 9.94. The molecule has 0 spiro atoms. The summed E-state index contributed by atoms with van der Waals surface area (Å²) < 4.78 is 1.87. The summed E-state index contributed by atoms with van der Waals surface area (Å²) >= 11 is 9.09. The number of pyridine rings is 1. The van der Waals surface area contributed by atoms with E-state index in [4.69, 9.17) is 0 Å². The van der Waals surface area contributed by atoms with Crippen molar-refractivity contribution >= 4 is 43.6 Å². The number of allylic oxidation sites excluding steroid dienone is 2. The molecule has 2 nitrogen and oxygen atoms in total. The highest BCUT2D eigenvalue weighted by Crippen LogP contribution is 2.31. The lowest BCUT2D eigenvalue weighted by molar-refractivity contribution is 0.904. The molecule has 0 aliphatic heterocycles. The summed E-state index contributed by atoms with van der Waals surface area (Å²) in [5.41, 5.74) is 3.41. The van der Waals surface area contributed by atoms with E-state index in [1.165, 1.54) is 4.90 Å². The van der Waals surface area contributed by atoms with E-state index in [9.17, 15) is 4.79 Å². The van der Waals surface area contributed by atoms with Crippen LogP contribution in [0.2, 0.25) is 0 Å². The van der Waals surface area contributed by atoms with Crippen molar-refractivity contribution in [1.29, 1.82) is 0 Å². The Labute approximate surface area is 199 Å². The van der Waals surface area contributed by atoms with E-state index in [0.29, 0.717) is 0 Å². The van der Waals surface area contributed by atoms with Gasteiger partial charge in [0.1, 0.15) is 0 Å². The fourth-order valence-corrected chi connectivity index (χ4v) is 4.28. The third-order valence-electron chi connectivity index (χ3n) is 4.79. The Morgan fingerprint density at radius 3 is 2.17 bits per heavy atom. The van der Waals surface area contributed by atoms with Crippen molar-refractivity contribution in [2.75, 3.05) is 5.75 Å². The Balaban J connectivity index is 1.72. The van der Waals surface area contributed by atoms with Gasteiger partial charge in [-0.1, -0.05) is 93.4 Å². The van der Waals surface area contributed by atoms with E-state index in [-0.39, 0.29) is 8.66 Å². The highest BCUT2D eigenvalue weighted by atomic mass is 79.9. The van der Waals surface area contributed by atoms with Crippen LogP contribution in [0.4, 0.5) is 0 Å². The highest BCUT2D eigenvalue weighted by Gasteiger charge is 2.14. The average molecular weight is 547 g/mol. The van der Waals surface area contributed by atoms with Crippen LogP contribution in [0, 0.1) is 0 Å². The van der Waals surface area contributed by atoms with Crippen molar-refractivity contribution in [3.63, 3.8) is 0 Å². The minimum Gasteiger partial charge on any atom is -0.356 e. The number of nitrogens with zero attached hydrogens (tertiary/aromatic N) is 1. The first-order valence-corrected chi connectivity index (χ1v) is 12.5. The number of aryl methyl sites for hydroxylation is 1. The van der Waals surface area contributed by atoms with Crippen LogP contribution in [0.5, 0.6) is 0 Å². The van der Waals surface area contributed by atoms with Gasteiger partial charge in [0.25, 0.3) is 0 Å². The zero-order valence-electron chi connectivity index (χ0n) is 17.1. The summed E-state index contributed by atoms with van der Waals surface area (Å²) in [4.78, 5) is 14.3. The van der Waals surface area contributed by atoms with Gasteiger partial charge >= 0.3 is 0 Å². The second-order valence-electron chi connectivity index (χ2n) is 7.12. The molecule has 0 fully saturated rings. The van der Waals surface area contributed by atoms with Crippen molar-refractivity contribution in [3.05, 3.63) is 89.4 Å². The Morgan fingerprint density at radius 1 is 0.967 bits per heavy atom. The molecule has 30 heavy (non-hydrogen) atoms. The maximum Gasteiger partial charge on any atom is 0.197 e. The molecule has 1 heterocycles. The highest BCUT2D eigenvalue weighted by molar-refractivity contribution is 9.25. The first kappa shape index (κ1) is 23.1. The van der Waals surface area contributed by atoms with Gasteiger partial charge in [-0.3, -0.25) is 4.79 Å². The van der Waals surface area contributed by atoms with E-state index in [0.717, 1.165) is 40.8 Å². The van der Waals surface area contributed by atoms with Crippen LogP contribution in [0.1, 0.15) is 19.8 Å². The Bertz CT molecular complexity index is 1060. The van der Waals surface area contributed by atoms with Gasteiger partial charge in [-0.2, -0.15) is 0 Å². The van der Waals surface area contributed by atoms with Gasteiger partial charge in [-0.15, -0.1) is 11.8 Å². The van der Waals surface area contributed by atoms with E-state index in [1.807, 2.05) is 78.2 Å². The van der Waals surface area contributed by atoms with Gasteiger partial charge in [0.05, 0.1) is 3.23 Å². The summed E-state index contributed by atoms with van der Waals surface area (Å²) in [6.45, 7) is 2.13. The minimum absolute atomic E-state index is 0.0637. The molecule has 0 aliphatic rings. The van der Waals surface area contributed by atoms with Crippen LogP contribution in [-0.2, 0) is 7.05 Å². The van der Waals surface area contributed by atoms with Crippen molar-refractivity contribution < 1.29 is 0 Å². The third-order valence-corrected chi connectivity index (χ3v) is 7.49. The van der Waals surface area contributed by atoms with E-state index >= 15 is 0 Å². The lowest BCUT2D eigenvalue weighted by atomic mass is 10.0. The zero-order chi connectivity index (χ0) is 21.6. The molecule has 0 saturated heterocycles. The van der Waals surface area contributed by atoms with Crippen molar-refractivity contribution in [2.24, 2.45) is 7.05 Å². The molecule has 3 aromatic rings. The quantitative estimate of drug-likeness (QED) is 0.125. The summed E-state index contributed by atoms with van der Waals surface area (Å²) in [6.07, 6.45) is 10.2. The van der Waals surface area contributed by atoms with Gasteiger partial charge in [-0.05, 0) is 36.1 Å². The largest absolute Gasteiger partial charge is 0.356 e. The number of alkyl halides is 2. The topological polar surface area (TPSA) is 22.0 Å². The normalized spacial score (nSPS) is 11.9. The van der Waals surface area contributed by atoms with Crippen molar-refractivity contribution in [3.8, 4) is 22.3 Å². The SMILES string of the molecule is CCC(Br)(Br)/C=C/CCSc1ccc(-c2cn(C)cc(-c3ccccc3)c2=O)cc1. The lowest BCUT2D eigenvalue weighted by Crippen LogP contribution is -2.11. The smallest absolute Gasteiger partial charge is 0.197 e. The maximum atomic E-state index is 13.1. The number of thioether (sulfide) groups is 1. The standard InChI is InChI=1S/C25H25Br2NOS/c1-3-25(26,27)15-7-8-16-30-21-13-11-20(12-14-21)23-18-28(2)17-22(24(23)29)19-9-5-4-6-10-19/h4-7,9-15,17-18H,3,8,16H2,1-2H3/b15-7+. The number of aromatic nitrogens is 1. The van der Waals surface area contributed by atoms with Gasteiger partial charge in [0.15, 0.2) is 5.43 Å². The van der Waals surface area contributed by atoms with Crippen LogP contribution >= 0.6 is 43.6 Å². The van der Waals surface area contributed by atoms with Crippen LogP contribution in [0.25, 0.3) is 22.3 Å². The number of halogens is 2. The second kappa shape index (κ2) is 10.7. The van der Waals surface area contributed by atoms with Crippen LogP contribution < -0.4 is 5.43 Å². The molecule has 0 unspecified atom stereocenters. The second-order valence-corrected chi connectivity index (χ2v) is 12.2. The molecule has 0 N–H and O–H groups in total. The minimum atomic E-state index is -0.0905. The molecule has 0 radical (unpaired) electrons. The molecule has 3 rings (SSSR count). The molecule has 5 heteroatoms. The van der Waals surface area contributed by atoms with Gasteiger partial charge in [0, 0.05) is 41.2 Å². The summed E-state index contributed by atoms with van der Waals surface area (Å²) in [5.74, 6) is 1.01. The molecule has 0 aliphatic carbocycles. The van der Waals surface area contributed by atoms with Crippen LogP contribution in [-0.4, -0.2) is 13.6 Å². The predicted octanol–water partition coefficient (Wildman–Crippen LogP) is 7.65. The average Bonchev–Trinajstić information content (AvgIpc) is 2.76. The number of hydrogen-bond donors (Lipinski definition) is 0. The van der Waals surface area contributed by atoms with E-state index in [1.54, 1.807) is 0 Å². The summed E-state index contributed by atoms with van der Waals surface area (Å²) in [5, 5.41) is 0. The molecule has 1 aromatic heterocycles. The van der Waals surface area contributed by atoms with Crippen molar-refractivity contribution in [1.82, 2.24) is 4.57 Å². The van der Waals surface area contributed by atoms with Crippen LogP contribution in [0.15, 0.2) is 88.8 Å². The molecule has 2 aromatic carbocycles. The fraction of sp³-hybridized carbons (Fsp3) is 0.240. The zero-order valence-corrected chi connectivity index (χ0v) is 21.1. The Morgan fingerprint density at radius 2 is 1.57 bits per heavy atom. The number of benzene rings is 2. The predicted molar refractivity (Wildman–Crippen MR) is 138 cm³/mol. The van der Waals surface area contributed by atoms with E-state index < -0.39 is 0 Å². The molecule has 0 atom stereocenters. The van der Waals surface area contributed by atoms with Gasteiger partial charge < -0.3 is 4.57 Å².